The standard InChI is InChI=1S/C8H18N2O3S.ClH/c1-7(5-9)10-14(11,12)8-3-2-4-13-6-8;/h7-8,10H,2-6,9H2,1H3;1H/t7-,8?;/m1./s1. The number of hydrogen-bond acceptors (Lipinski definition) is 4. The fraction of sp³-hybridized carbons (Fsp3) is 1.00. The van der Waals surface area contributed by atoms with Crippen molar-refractivity contribution < 1.29 is 13.2 Å². The first-order chi connectivity index (χ1) is 6.56. The molecule has 1 fully saturated rings. The van der Waals surface area contributed by atoms with Gasteiger partial charge in [0.05, 0.1) is 11.9 Å². The predicted octanol–water partition coefficient (Wildman–Crippen LogP) is -0.146. The maximum Gasteiger partial charge on any atom is 0.217 e. The molecule has 2 atom stereocenters. The second-order valence-electron chi connectivity index (χ2n) is 3.64. The van der Waals surface area contributed by atoms with Crippen LogP contribution >= 0.6 is 12.4 Å². The van der Waals surface area contributed by atoms with Crippen LogP contribution in [-0.4, -0.2) is 39.5 Å². The first kappa shape index (κ1) is 15.1. The molecule has 1 unspecified atom stereocenters. The Bertz CT molecular complexity index is 265. The molecular formula is C8H19ClN2O3S. The monoisotopic (exact) mass is 258 g/mol. The van der Waals surface area contributed by atoms with Crippen LogP contribution in [0.3, 0.4) is 0 Å². The van der Waals surface area contributed by atoms with Gasteiger partial charge in [-0.15, -0.1) is 12.4 Å². The Morgan fingerprint density at radius 1 is 1.60 bits per heavy atom. The molecule has 92 valence electrons. The molecule has 0 amide bonds. The Morgan fingerprint density at radius 2 is 2.27 bits per heavy atom. The fourth-order valence-electron chi connectivity index (χ4n) is 1.38. The summed E-state index contributed by atoms with van der Waals surface area (Å²) in [5.41, 5.74) is 5.35. The van der Waals surface area contributed by atoms with Crippen molar-refractivity contribution in [2.45, 2.75) is 31.1 Å². The van der Waals surface area contributed by atoms with Crippen molar-refractivity contribution in [1.82, 2.24) is 4.72 Å². The molecule has 0 radical (unpaired) electrons. The van der Waals surface area contributed by atoms with Gasteiger partial charge in [0.15, 0.2) is 0 Å². The summed E-state index contributed by atoms with van der Waals surface area (Å²) >= 11 is 0. The molecule has 7 heteroatoms. The van der Waals surface area contributed by atoms with Crippen LogP contribution in [0.15, 0.2) is 0 Å². The van der Waals surface area contributed by atoms with Gasteiger partial charge in [-0.2, -0.15) is 0 Å². The van der Waals surface area contributed by atoms with Gasteiger partial charge >= 0.3 is 0 Å². The van der Waals surface area contributed by atoms with Crippen LogP contribution in [0.25, 0.3) is 0 Å². The van der Waals surface area contributed by atoms with Gasteiger partial charge in [0.1, 0.15) is 0 Å². The van der Waals surface area contributed by atoms with Crippen LogP contribution in [0, 0.1) is 0 Å². The van der Waals surface area contributed by atoms with E-state index >= 15 is 0 Å². The van der Waals surface area contributed by atoms with E-state index in [0.29, 0.717) is 26.2 Å². The molecule has 0 aromatic rings. The van der Waals surface area contributed by atoms with Gasteiger partial charge in [0.2, 0.25) is 10.0 Å². The Morgan fingerprint density at radius 3 is 2.73 bits per heavy atom. The van der Waals surface area contributed by atoms with Crippen LogP contribution in [-0.2, 0) is 14.8 Å². The topological polar surface area (TPSA) is 81.4 Å². The number of hydrogen-bond donors (Lipinski definition) is 2. The highest BCUT2D eigenvalue weighted by Gasteiger charge is 2.28. The third kappa shape index (κ3) is 4.65. The summed E-state index contributed by atoms with van der Waals surface area (Å²) in [6.45, 7) is 3.03. The molecule has 3 N–H and O–H groups in total. The van der Waals surface area contributed by atoms with E-state index in [1.807, 2.05) is 0 Å². The highest BCUT2D eigenvalue weighted by atomic mass is 35.5. The molecule has 1 aliphatic rings. The first-order valence-corrected chi connectivity index (χ1v) is 6.40. The molecular weight excluding hydrogens is 240 g/mol. The summed E-state index contributed by atoms with van der Waals surface area (Å²) in [7, 11) is -3.25. The van der Waals surface area contributed by atoms with Gasteiger partial charge in [-0.3, -0.25) is 0 Å². The highest BCUT2D eigenvalue weighted by Crippen LogP contribution is 2.13. The van der Waals surface area contributed by atoms with Crippen molar-refractivity contribution in [3.63, 3.8) is 0 Å². The van der Waals surface area contributed by atoms with Crippen molar-refractivity contribution in [1.29, 1.82) is 0 Å². The van der Waals surface area contributed by atoms with Crippen molar-refractivity contribution in [3.8, 4) is 0 Å². The molecule has 5 nitrogen and oxygen atoms in total. The first-order valence-electron chi connectivity index (χ1n) is 4.85. The fourth-order valence-corrected chi connectivity index (χ4v) is 2.98. The zero-order valence-electron chi connectivity index (χ0n) is 8.81. The number of halogens is 1. The normalized spacial score (nSPS) is 24.3. The predicted molar refractivity (Wildman–Crippen MR) is 61.7 cm³/mol. The van der Waals surface area contributed by atoms with Crippen LogP contribution in [0.1, 0.15) is 19.8 Å². The number of ether oxygens (including phenoxy) is 1. The lowest BCUT2D eigenvalue weighted by atomic mass is 10.2. The number of nitrogens with one attached hydrogen (secondary N) is 1. The van der Waals surface area contributed by atoms with Crippen molar-refractivity contribution >= 4 is 22.4 Å². The smallest absolute Gasteiger partial charge is 0.217 e. The maximum absolute atomic E-state index is 11.7. The minimum atomic E-state index is -3.25. The van der Waals surface area contributed by atoms with E-state index in [4.69, 9.17) is 10.5 Å². The van der Waals surface area contributed by atoms with E-state index in [9.17, 15) is 8.42 Å². The van der Waals surface area contributed by atoms with Gasteiger partial charge in [-0.05, 0) is 19.8 Å². The zero-order valence-corrected chi connectivity index (χ0v) is 10.4. The summed E-state index contributed by atoms with van der Waals surface area (Å²) in [5, 5.41) is -0.412. The lowest BCUT2D eigenvalue weighted by molar-refractivity contribution is 0.0987. The zero-order chi connectivity index (χ0) is 10.6. The Labute approximate surface area is 97.2 Å². The van der Waals surface area contributed by atoms with Crippen LogP contribution in [0.2, 0.25) is 0 Å². The minimum absolute atomic E-state index is 0. The molecule has 0 spiro atoms. The van der Waals surface area contributed by atoms with Gasteiger partial charge in [-0.1, -0.05) is 0 Å². The lowest BCUT2D eigenvalue weighted by Crippen LogP contribution is -2.45. The lowest BCUT2D eigenvalue weighted by Gasteiger charge is -2.23. The average molecular weight is 259 g/mol. The van der Waals surface area contributed by atoms with Gasteiger partial charge in [0.25, 0.3) is 0 Å². The molecule has 0 aromatic heterocycles. The second kappa shape index (κ2) is 6.65. The molecule has 1 rings (SSSR count). The SMILES string of the molecule is C[C@H](CN)NS(=O)(=O)C1CCCOC1.Cl. The largest absolute Gasteiger partial charge is 0.380 e. The van der Waals surface area contributed by atoms with E-state index in [0.717, 1.165) is 6.42 Å². The molecule has 1 saturated heterocycles. The van der Waals surface area contributed by atoms with E-state index < -0.39 is 15.3 Å². The molecule has 0 bridgehead atoms. The average Bonchev–Trinajstić information content (AvgIpc) is 2.18. The van der Waals surface area contributed by atoms with Gasteiger partial charge in [-0.25, -0.2) is 13.1 Å². The van der Waals surface area contributed by atoms with E-state index in [1.165, 1.54) is 0 Å². The van der Waals surface area contributed by atoms with Crippen molar-refractivity contribution in [3.05, 3.63) is 0 Å². The summed E-state index contributed by atoms with van der Waals surface area (Å²) in [6.07, 6.45) is 1.48. The Balaban J connectivity index is 0.00000196. The van der Waals surface area contributed by atoms with E-state index in [2.05, 4.69) is 4.72 Å². The molecule has 1 aliphatic heterocycles. The number of sulfonamides is 1. The summed E-state index contributed by atoms with van der Waals surface area (Å²) in [6, 6.07) is -0.207. The quantitative estimate of drug-likeness (QED) is 0.735. The number of rotatable bonds is 4. The third-order valence-electron chi connectivity index (χ3n) is 2.28. The highest BCUT2D eigenvalue weighted by molar-refractivity contribution is 7.90. The van der Waals surface area contributed by atoms with Crippen LogP contribution in [0.4, 0.5) is 0 Å². The summed E-state index contributed by atoms with van der Waals surface area (Å²) in [4.78, 5) is 0. The van der Waals surface area contributed by atoms with E-state index in [1.54, 1.807) is 6.92 Å². The third-order valence-corrected chi connectivity index (χ3v) is 4.26. The maximum atomic E-state index is 11.7. The van der Waals surface area contributed by atoms with Crippen LogP contribution in [0.5, 0.6) is 0 Å². The molecule has 1 heterocycles. The van der Waals surface area contributed by atoms with Gasteiger partial charge in [0, 0.05) is 19.2 Å². The molecule has 0 aliphatic carbocycles. The van der Waals surface area contributed by atoms with Crippen LogP contribution < -0.4 is 10.5 Å². The van der Waals surface area contributed by atoms with E-state index in [-0.39, 0.29) is 18.4 Å². The second-order valence-corrected chi connectivity index (χ2v) is 5.63. The Kier molecular flexibility index (Phi) is 6.70. The van der Waals surface area contributed by atoms with Crippen molar-refractivity contribution in [2.24, 2.45) is 5.73 Å². The molecule has 0 saturated carbocycles. The number of nitrogens with two attached hydrogens (primary N) is 1. The summed E-state index contributed by atoms with van der Waals surface area (Å²) in [5.74, 6) is 0. The molecule has 0 aromatic carbocycles. The van der Waals surface area contributed by atoms with Crippen molar-refractivity contribution in [2.75, 3.05) is 19.8 Å². The molecule has 15 heavy (non-hydrogen) atoms. The summed E-state index contributed by atoms with van der Waals surface area (Å²) < 4.78 is 31.1. The van der Waals surface area contributed by atoms with Gasteiger partial charge < -0.3 is 10.5 Å². The Hall–Kier alpha value is 0.120. The minimum Gasteiger partial charge on any atom is -0.380 e.